The third-order valence-electron chi connectivity index (χ3n) is 2.79. The summed E-state index contributed by atoms with van der Waals surface area (Å²) in [6.07, 6.45) is 2.26. The maximum atomic E-state index is 5.34. The zero-order chi connectivity index (χ0) is 11.2. The van der Waals surface area contributed by atoms with Crippen molar-refractivity contribution in [1.29, 1.82) is 0 Å². The first-order chi connectivity index (χ1) is 7.84. The molecule has 0 radical (unpaired) electrons. The van der Waals surface area contributed by atoms with Gasteiger partial charge in [0.2, 0.25) is 0 Å². The van der Waals surface area contributed by atoms with E-state index in [4.69, 9.17) is 4.74 Å². The molecule has 0 N–H and O–H groups in total. The summed E-state index contributed by atoms with van der Waals surface area (Å²) in [5.74, 6) is 0. The first kappa shape index (κ1) is 11.4. The molecule has 0 amide bonds. The summed E-state index contributed by atoms with van der Waals surface area (Å²) in [6.45, 7) is 7.11. The lowest BCUT2D eigenvalue weighted by atomic mass is 10.1. The van der Waals surface area contributed by atoms with Gasteiger partial charge in [-0.2, -0.15) is 0 Å². The number of hydrogen-bond donors (Lipinski definition) is 0. The van der Waals surface area contributed by atoms with E-state index in [9.17, 15) is 0 Å². The largest absolute Gasteiger partial charge is 0.379 e. The number of hydrogen-bond acceptors (Lipinski definition) is 2. The maximum absolute atomic E-state index is 5.34. The highest BCUT2D eigenvalue weighted by atomic mass is 16.5. The van der Waals surface area contributed by atoms with Crippen molar-refractivity contribution in [3.05, 3.63) is 41.5 Å². The molecule has 86 valence electrons. The van der Waals surface area contributed by atoms with Crippen LogP contribution in [0.4, 0.5) is 0 Å². The SMILES string of the molecule is C/C(=C\c1ccccc1)CN1CCOCC1. The molecule has 1 aliphatic heterocycles. The fourth-order valence-electron chi connectivity index (χ4n) is 1.99. The molecular formula is C14H19NO. The Morgan fingerprint density at radius 1 is 1.25 bits per heavy atom. The zero-order valence-corrected chi connectivity index (χ0v) is 9.86. The van der Waals surface area contributed by atoms with E-state index < -0.39 is 0 Å². The molecule has 1 aromatic carbocycles. The molecule has 1 fully saturated rings. The van der Waals surface area contributed by atoms with Crippen LogP contribution >= 0.6 is 0 Å². The molecule has 0 atom stereocenters. The number of ether oxygens (including phenoxy) is 1. The Bertz CT molecular complexity index is 339. The van der Waals surface area contributed by atoms with Gasteiger partial charge in [0.25, 0.3) is 0 Å². The first-order valence-corrected chi connectivity index (χ1v) is 5.87. The average molecular weight is 217 g/mol. The molecule has 16 heavy (non-hydrogen) atoms. The van der Waals surface area contributed by atoms with E-state index in [1.54, 1.807) is 0 Å². The fourth-order valence-corrected chi connectivity index (χ4v) is 1.99. The van der Waals surface area contributed by atoms with Crippen molar-refractivity contribution in [3.8, 4) is 0 Å². The Hall–Kier alpha value is -1.12. The van der Waals surface area contributed by atoms with E-state index in [2.05, 4.69) is 48.2 Å². The van der Waals surface area contributed by atoms with Gasteiger partial charge in [-0.3, -0.25) is 4.90 Å². The molecule has 0 aliphatic carbocycles. The molecule has 0 unspecified atom stereocenters. The Balaban J connectivity index is 1.91. The topological polar surface area (TPSA) is 12.5 Å². The van der Waals surface area contributed by atoms with Crippen LogP contribution in [-0.2, 0) is 4.74 Å². The van der Waals surface area contributed by atoms with E-state index in [1.165, 1.54) is 11.1 Å². The second-order valence-corrected chi connectivity index (χ2v) is 4.29. The number of benzene rings is 1. The molecular weight excluding hydrogens is 198 g/mol. The number of nitrogens with zero attached hydrogens (tertiary/aromatic N) is 1. The highest BCUT2D eigenvalue weighted by molar-refractivity contribution is 5.52. The molecule has 0 saturated carbocycles. The smallest absolute Gasteiger partial charge is 0.0594 e. The van der Waals surface area contributed by atoms with E-state index in [1.807, 2.05) is 0 Å². The van der Waals surface area contributed by atoms with Gasteiger partial charge in [-0.1, -0.05) is 42.0 Å². The predicted octanol–water partition coefficient (Wildman–Crippen LogP) is 2.42. The second-order valence-electron chi connectivity index (χ2n) is 4.29. The minimum atomic E-state index is 0.874. The van der Waals surface area contributed by atoms with Gasteiger partial charge < -0.3 is 4.74 Å². The van der Waals surface area contributed by atoms with Crippen molar-refractivity contribution in [2.45, 2.75) is 6.92 Å². The lowest BCUT2D eigenvalue weighted by Gasteiger charge is -2.26. The monoisotopic (exact) mass is 217 g/mol. The van der Waals surface area contributed by atoms with Gasteiger partial charge >= 0.3 is 0 Å². The lowest BCUT2D eigenvalue weighted by Crippen LogP contribution is -2.37. The van der Waals surface area contributed by atoms with Gasteiger partial charge in [-0.05, 0) is 12.5 Å². The van der Waals surface area contributed by atoms with Crippen LogP contribution in [0.25, 0.3) is 6.08 Å². The van der Waals surface area contributed by atoms with Gasteiger partial charge in [0, 0.05) is 19.6 Å². The van der Waals surface area contributed by atoms with E-state index in [0.717, 1.165) is 32.8 Å². The Kier molecular flexibility index (Phi) is 4.14. The summed E-state index contributed by atoms with van der Waals surface area (Å²) in [4.78, 5) is 2.44. The van der Waals surface area contributed by atoms with Crippen molar-refractivity contribution >= 4 is 6.08 Å². The summed E-state index contributed by atoms with van der Waals surface area (Å²) < 4.78 is 5.34. The summed E-state index contributed by atoms with van der Waals surface area (Å²) >= 11 is 0. The molecule has 1 aliphatic rings. The van der Waals surface area contributed by atoms with Crippen LogP contribution in [0.3, 0.4) is 0 Å². The molecule has 1 aromatic rings. The summed E-state index contributed by atoms with van der Waals surface area (Å²) in [6, 6.07) is 10.5. The van der Waals surface area contributed by atoms with Crippen molar-refractivity contribution in [1.82, 2.24) is 4.90 Å². The summed E-state index contributed by atoms with van der Waals surface area (Å²) in [5, 5.41) is 0. The van der Waals surface area contributed by atoms with Crippen LogP contribution < -0.4 is 0 Å². The van der Waals surface area contributed by atoms with Crippen LogP contribution in [0.15, 0.2) is 35.9 Å². The molecule has 1 saturated heterocycles. The Morgan fingerprint density at radius 3 is 2.62 bits per heavy atom. The standard InChI is InChI=1S/C14H19NO/c1-13(11-14-5-3-2-4-6-14)12-15-7-9-16-10-8-15/h2-6,11H,7-10,12H2,1H3/b13-11+. The average Bonchev–Trinajstić information content (AvgIpc) is 2.31. The Morgan fingerprint density at radius 2 is 1.94 bits per heavy atom. The number of rotatable bonds is 3. The maximum Gasteiger partial charge on any atom is 0.0594 e. The molecule has 0 bridgehead atoms. The van der Waals surface area contributed by atoms with E-state index in [0.29, 0.717) is 0 Å². The van der Waals surface area contributed by atoms with E-state index >= 15 is 0 Å². The molecule has 2 heteroatoms. The molecule has 1 heterocycles. The van der Waals surface area contributed by atoms with Crippen molar-refractivity contribution < 1.29 is 4.74 Å². The van der Waals surface area contributed by atoms with Gasteiger partial charge in [0.1, 0.15) is 0 Å². The van der Waals surface area contributed by atoms with Crippen molar-refractivity contribution in [2.75, 3.05) is 32.8 Å². The second kappa shape index (κ2) is 5.83. The summed E-state index contributed by atoms with van der Waals surface area (Å²) in [7, 11) is 0. The highest BCUT2D eigenvalue weighted by Crippen LogP contribution is 2.08. The molecule has 2 rings (SSSR count). The molecule has 2 nitrogen and oxygen atoms in total. The fraction of sp³-hybridized carbons (Fsp3) is 0.429. The third-order valence-corrected chi connectivity index (χ3v) is 2.79. The highest BCUT2D eigenvalue weighted by Gasteiger charge is 2.09. The van der Waals surface area contributed by atoms with Gasteiger partial charge in [-0.15, -0.1) is 0 Å². The van der Waals surface area contributed by atoms with Crippen LogP contribution in [0.5, 0.6) is 0 Å². The van der Waals surface area contributed by atoms with Gasteiger partial charge in [0.05, 0.1) is 13.2 Å². The van der Waals surface area contributed by atoms with Gasteiger partial charge in [-0.25, -0.2) is 0 Å². The van der Waals surface area contributed by atoms with Gasteiger partial charge in [0.15, 0.2) is 0 Å². The number of morpholine rings is 1. The Labute approximate surface area is 97.5 Å². The van der Waals surface area contributed by atoms with Crippen molar-refractivity contribution in [3.63, 3.8) is 0 Å². The lowest BCUT2D eigenvalue weighted by molar-refractivity contribution is 0.0424. The van der Waals surface area contributed by atoms with Crippen molar-refractivity contribution in [2.24, 2.45) is 0 Å². The van der Waals surface area contributed by atoms with Crippen LogP contribution in [-0.4, -0.2) is 37.7 Å². The van der Waals surface area contributed by atoms with Crippen LogP contribution in [0.2, 0.25) is 0 Å². The van der Waals surface area contributed by atoms with Crippen LogP contribution in [0, 0.1) is 0 Å². The molecule has 0 aromatic heterocycles. The first-order valence-electron chi connectivity index (χ1n) is 5.87. The minimum Gasteiger partial charge on any atom is -0.379 e. The zero-order valence-electron chi connectivity index (χ0n) is 9.86. The molecule has 0 spiro atoms. The normalized spacial score (nSPS) is 18.7. The summed E-state index contributed by atoms with van der Waals surface area (Å²) in [5.41, 5.74) is 2.70. The third kappa shape index (κ3) is 3.47. The minimum absolute atomic E-state index is 0.874. The quantitative estimate of drug-likeness (QED) is 0.771. The van der Waals surface area contributed by atoms with E-state index in [-0.39, 0.29) is 0 Å². The van der Waals surface area contributed by atoms with Crippen LogP contribution in [0.1, 0.15) is 12.5 Å². The predicted molar refractivity (Wildman–Crippen MR) is 67.4 cm³/mol.